The fraction of sp³-hybridized carbons (Fsp3) is 0.818. The molecule has 8 nitrogen and oxygen atoms in total. The zero-order valence-corrected chi connectivity index (χ0v) is 10.7. The molecular weight excluding hydrogens is 256 g/mol. The van der Waals surface area contributed by atoms with Crippen molar-refractivity contribution in [2.45, 2.75) is 50.6 Å². The van der Waals surface area contributed by atoms with Crippen LogP contribution in [0.4, 0.5) is 0 Å². The first-order valence-corrected chi connectivity index (χ1v) is 6.07. The van der Waals surface area contributed by atoms with Crippen LogP contribution in [0.15, 0.2) is 0 Å². The predicted octanol–water partition coefficient (Wildman–Crippen LogP) is -2.13. The summed E-state index contributed by atoms with van der Waals surface area (Å²) < 4.78 is 16.2. The van der Waals surface area contributed by atoms with E-state index >= 15 is 0 Å². The van der Waals surface area contributed by atoms with Crippen molar-refractivity contribution >= 4 is 11.8 Å². The van der Waals surface area contributed by atoms with Crippen LogP contribution in [0.25, 0.3) is 0 Å². The lowest BCUT2D eigenvalue weighted by molar-refractivity contribution is -0.209. The number of hydrogen-bond acceptors (Lipinski definition) is 6. The third kappa shape index (κ3) is 2.86. The van der Waals surface area contributed by atoms with Crippen LogP contribution in [0.5, 0.6) is 0 Å². The largest absolute Gasteiger partial charge is 0.388 e. The van der Waals surface area contributed by atoms with Gasteiger partial charge in [0.15, 0.2) is 6.29 Å². The van der Waals surface area contributed by atoms with Gasteiger partial charge in [0.25, 0.3) is 0 Å². The van der Waals surface area contributed by atoms with Gasteiger partial charge in [-0.3, -0.25) is 9.59 Å². The topological polar surface area (TPSA) is 120 Å². The minimum atomic E-state index is -1.00. The Bertz CT molecular complexity index is 376. The highest BCUT2D eigenvalue weighted by atomic mass is 16.7. The molecule has 19 heavy (non-hydrogen) atoms. The van der Waals surface area contributed by atoms with Gasteiger partial charge in [0.1, 0.15) is 30.5 Å². The van der Waals surface area contributed by atoms with Crippen molar-refractivity contribution in [2.75, 3.05) is 6.61 Å². The third-order valence-electron chi connectivity index (χ3n) is 3.23. The summed E-state index contributed by atoms with van der Waals surface area (Å²) in [6.45, 7) is 3.03. The number of aliphatic hydroxyl groups excluding tert-OH is 1. The molecule has 0 radical (unpaired) electrons. The number of carbonyl (C=O) groups is 2. The number of hydrogen-bond donors (Lipinski definition) is 3. The lowest BCUT2D eigenvalue weighted by atomic mass is 9.98. The molecule has 2 heterocycles. The fourth-order valence-electron chi connectivity index (χ4n) is 2.24. The smallest absolute Gasteiger partial charge is 0.246 e. The van der Waals surface area contributed by atoms with Crippen LogP contribution in [0, 0.1) is 0 Å². The second-order valence-corrected chi connectivity index (χ2v) is 4.74. The maximum Gasteiger partial charge on any atom is 0.246 e. The van der Waals surface area contributed by atoms with Gasteiger partial charge in [0.2, 0.25) is 11.8 Å². The van der Waals surface area contributed by atoms with Crippen LogP contribution >= 0.6 is 0 Å². The van der Waals surface area contributed by atoms with Crippen molar-refractivity contribution < 1.29 is 28.9 Å². The van der Waals surface area contributed by atoms with Crippen LogP contribution < -0.4 is 11.1 Å². The average Bonchev–Trinajstić information content (AvgIpc) is 2.76. The second-order valence-electron chi connectivity index (χ2n) is 4.74. The number of nitrogens with two attached hydrogens (primary N) is 1. The van der Waals surface area contributed by atoms with Crippen LogP contribution in [0.1, 0.15) is 13.8 Å². The van der Waals surface area contributed by atoms with Gasteiger partial charge in [0, 0.05) is 6.92 Å². The zero-order valence-electron chi connectivity index (χ0n) is 10.7. The first-order chi connectivity index (χ1) is 8.90. The third-order valence-corrected chi connectivity index (χ3v) is 3.23. The molecule has 2 fully saturated rings. The van der Waals surface area contributed by atoms with Crippen molar-refractivity contribution in [2.24, 2.45) is 5.73 Å². The molecule has 0 unspecified atom stereocenters. The SMILES string of the molecule is CC(=O)N[C@@H]1[C@H]2OC[C@H](O2)[C@H](O)[C@H]1O[C@H](C)C(N)=O. The van der Waals surface area contributed by atoms with Gasteiger partial charge >= 0.3 is 0 Å². The van der Waals surface area contributed by atoms with Gasteiger partial charge in [-0.25, -0.2) is 0 Å². The Kier molecular flexibility index (Phi) is 4.04. The maximum absolute atomic E-state index is 11.2. The van der Waals surface area contributed by atoms with Gasteiger partial charge in [-0.05, 0) is 6.92 Å². The van der Waals surface area contributed by atoms with Gasteiger partial charge < -0.3 is 30.4 Å². The summed E-state index contributed by atoms with van der Waals surface area (Å²) in [5.41, 5.74) is 5.13. The molecule has 0 aliphatic carbocycles. The molecule has 2 saturated heterocycles. The van der Waals surface area contributed by atoms with E-state index in [2.05, 4.69) is 5.32 Å². The lowest BCUT2D eigenvalue weighted by Crippen LogP contribution is -2.62. The summed E-state index contributed by atoms with van der Waals surface area (Å²) in [6, 6.07) is -0.687. The highest BCUT2D eigenvalue weighted by Gasteiger charge is 2.51. The van der Waals surface area contributed by atoms with E-state index in [9.17, 15) is 14.7 Å². The van der Waals surface area contributed by atoms with Crippen molar-refractivity contribution in [1.82, 2.24) is 5.32 Å². The molecule has 108 valence electrons. The standard InChI is InChI=1S/C11H18N2O6/c1-4(10(12)16)18-9-7(13-5(2)14)11-17-3-6(19-11)8(9)15/h4,6-9,11,15H,3H2,1-2H3,(H2,12,16)(H,13,14)/t4-,6+,7+,8+,9+,11+/m1/s1. The number of fused-ring (bicyclic) bond motifs is 2. The Balaban J connectivity index is 2.14. The Labute approximate surface area is 110 Å². The van der Waals surface area contributed by atoms with E-state index in [-0.39, 0.29) is 12.5 Å². The molecule has 6 atom stereocenters. The summed E-state index contributed by atoms with van der Waals surface area (Å²) >= 11 is 0. The summed E-state index contributed by atoms with van der Waals surface area (Å²) in [6.07, 6.45) is -3.91. The Morgan fingerprint density at radius 3 is 2.79 bits per heavy atom. The fourth-order valence-corrected chi connectivity index (χ4v) is 2.24. The summed E-state index contributed by atoms with van der Waals surface area (Å²) in [7, 11) is 0. The molecule has 0 spiro atoms. The van der Waals surface area contributed by atoms with Gasteiger partial charge in [-0.2, -0.15) is 0 Å². The lowest BCUT2D eigenvalue weighted by Gasteiger charge is -2.39. The molecule has 4 N–H and O–H groups in total. The van der Waals surface area contributed by atoms with E-state index in [0.717, 1.165) is 0 Å². The Morgan fingerprint density at radius 2 is 2.21 bits per heavy atom. The highest BCUT2D eigenvalue weighted by molar-refractivity contribution is 5.78. The first kappa shape index (κ1) is 14.2. The first-order valence-electron chi connectivity index (χ1n) is 6.07. The van der Waals surface area contributed by atoms with Crippen LogP contribution in [0.3, 0.4) is 0 Å². The van der Waals surface area contributed by atoms with Gasteiger partial charge in [-0.15, -0.1) is 0 Å². The second kappa shape index (κ2) is 5.41. The Morgan fingerprint density at radius 1 is 1.53 bits per heavy atom. The van der Waals surface area contributed by atoms with E-state index in [1.807, 2.05) is 0 Å². The summed E-state index contributed by atoms with van der Waals surface area (Å²) in [5.74, 6) is -0.955. The van der Waals surface area contributed by atoms with Crippen molar-refractivity contribution in [1.29, 1.82) is 0 Å². The number of amides is 2. The van der Waals surface area contributed by atoms with E-state index < -0.39 is 42.7 Å². The maximum atomic E-state index is 11.2. The van der Waals surface area contributed by atoms with E-state index in [0.29, 0.717) is 0 Å². The quantitative estimate of drug-likeness (QED) is 0.538. The normalized spacial score (nSPS) is 38.8. The predicted molar refractivity (Wildman–Crippen MR) is 61.8 cm³/mol. The Hall–Kier alpha value is -1.22. The van der Waals surface area contributed by atoms with Crippen molar-refractivity contribution in [3.63, 3.8) is 0 Å². The molecule has 0 aromatic carbocycles. The number of carbonyl (C=O) groups excluding carboxylic acids is 2. The monoisotopic (exact) mass is 274 g/mol. The van der Waals surface area contributed by atoms with Crippen LogP contribution in [-0.4, -0.2) is 60.3 Å². The van der Waals surface area contributed by atoms with Gasteiger partial charge in [-0.1, -0.05) is 0 Å². The minimum Gasteiger partial charge on any atom is -0.388 e. The van der Waals surface area contributed by atoms with E-state index in [1.165, 1.54) is 13.8 Å². The minimum absolute atomic E-state index is 0.215. The summed E-state index contributed by atoms with van der Waals surface area (Å²) in [4.78, 5) is 22.3. The number of primary amides is 1. The molecular formula is C11H18N2O6. The average molecular weight is 274 g/mol. The number of ether oxygens (including phenoxy) is 3. The van der Waals surface area contributed by atoms with Crippen molar-refractivity contribution in [3.8, 4) is 0 Å². The van der Waals surface area contributed by atoms with Crippen LogP contribution in [0.2, 0.25) is 0 Å². The zero-order chi connectivity index (χ0) is 14.2. The molecule has 2 aliphatic heterocycles. The molecule has 0 aromatic heterocycles. The molecule has 2 amide bonds. The van der Waals surface area contributed by atoms with Crippen molar-refractivity contribution in [3.05, 3.63) is 0 Å². The number of rotatable bonds is 4. The summed E-state index contributed by atoms with van der Waals surface area (Å²) in [5, 5.41) is 12.7. The molecule has 2 aliphatic rings. The molecule has 8 heteroatoms. The van der Waals surface area contributed by atoms with E-state index in [4.69, 9.17) is 19.9 Å². The molecule has 0 saturated carbocycles. The molecule has 2 bridgehead atoms. The van der Waals surface area contributed by atoms with Gasteiger partial charge in [0.05, 0.1) is 6.61 Å². The van der Waals surface area contributed by atoms with Crippen LogP contribution in [-0.2, 0) is 23.8 Å². The number of aliphatic hydroxyl groups is 1. The molecule has 0 aromatic rings. The van der Waals surface area contributed by atoms with E-state index in [1.54, 1.807) is 0 Å². The number of nitrogens with one attached hydrogen (secondary N) is 1. The highest BCUT2D eigenvalue weighted by Crippen LogP contribution is 2.30. The molecule has 2 rings (SSSR count).